The van der Waals surface area contributed by atoms with E-state index in [1.807, 2.05) is 24.3 Å². The first kappa shape index (κ1) is 21.0. The molecule has 0 saturated heterocycles. The highest BCUT2D eigenvalue weighted by molar-refractivity contribution is 6.32. The van der Waals surface area contributed by atoms with E-state index in [0.717, 1.165) is 46.6 Å². The number of benzene rings is 3. The lowest BCUT2D eigenvalue weighted by Gasteiger charge is -2.13. The van der Waals surface area contributed by atoms with Crippen LogP contribution in [0.5, 0.6) is 5.75 Å². The summed E-state index contributed by atoms with van der Waals surface area (Å²) in [6.07, 6.45) is 4.66. The number of nitrogens with zero attached hydrogens (tertiary/aromatic N) is 2. The van der Waals surface area contributed by atoms with Crippen LogP contribution < -0.4 is 20.7 Å². The number of hydrogen-bond donors (Lipinski definition) is 3. The molecule has 33 heavy (non-hydrogen) atoms. The first-order valence-electron chi connectivity index (χ1n) is 10.5. The molecule has 0 saturated carbocycles. The lowest BCUT2D eigenvalue weighted by molar-refractivity contribution is 0.306. The molecule has 1 aliphatic heterocycles. The molecule has 8 heteroatoms. The molecule has 5 rings (SSSR count). The molecule has 166 valence electrons. The molecule has 0 bridgehead atoms. The smallest absolute Gasteiger partial charge is 0.141 e. The fraction of sp³-hybridized carbons (Fsp3) is 0.120. The standard InChI is InChI=1S/C25H21ClFN5O/c26-21-13-19(7-9-23(21)33-14-16-3-1-4-17(27)11-16)32-25-20-12-18(31-24-5-2-10-28-24)6-8-22(20)29-15-30-25/h1,3-9,11-13,15,28,31H,2,10,14H2,(H,29,30,32). The van der Waals surface area contributed by atoms with Crippen molar-refractivity contribution in [2.24, 2.45) is 0 Å². The van der Waals surface area contributed by atoms with E-state index in [9.17, 15) is 4.39 Å². The Morgan fingerprint density at radius 1 is 1.00 bits per heavy atom. The fourth-order valence-electron chi connectivity index (χ4n) is 3.60. The molecule has 3 N–H and O–H groups in total. The monoisotopic (exact) mass is 461 g/mol. The number of aromatic nitrogens is 2. The Labute approximate surface area is 195 Å². The highest BCUT2D eigenvalue weighted by Gasteiger charge is 2.10. The summed E-state index contributed by atoms with van der Waals surface area (Å²) in [6, 6.07) is 17.6. The molecule has 0 fully saturated rings. The summed E-state index contributed by atoms with van der Waals surface area (Å²) in [5.41, 5.74) is 3.26. The van der Waals surface area contributed by atoms with Crippen molar-refractivity contribution in [1.82, 2.24) is 15.3 Å². The number of anilines is 3. The quantitative estimate of drug-likeness (QED) is 0.314. The maximum absolute atomic E-state index is 13.4. The Morgan fingerprint density at radius 3 is 2.70 bits per heavy atom. The van der Waals surface area contributed by atoms with Gasteiger partial charge in [0.2, 0.25) is 0 Å². The minimum absolute atomic E-state index is 0.224. The predicted molar refractivity (Wildman–Crippen MR) is 129 cm³/mol. The average Bonchev–Trinajstić information content (AvgIpc) is 3.32. The first-order valence-corrected chi connectivity index (χ1v) is 10.9. The molecule has 4 aromatic rings. The minimum atomic E-state index is -0.298. The molecule has 0 spiro atoms. The van der Waals surface area contributed by atoms with Crippen LogP contribution in [0.15, 0.2) is 78.9 Å². The normalized spacial score (nSPS) is 12.8. The zero-order valence-corrected chi connectivity index (χ0v) is 18.4. The van der Waals surface area contributed by atoms with E-state index in [1.165, 1.54) is 18.5 Å². The van der Waals surface area contributed by atoms with Crippen LogP contribution in [0, 0.1) is 5.82 Å². The highest BCUT2D eigenvalue weighted by atomic mass is 35.5. The van der Waals surface area contributed by atoms with Gasteiger partial charge < -0.3 is 20.7 Å². The van der Waals surface area contributed by atoms with Crippen LogP contribution in [0.4, 0.5) is 21.6 Å². The first-order chi connectivity index (χ1) is 16.1. The van der Waals surface area contributed by atoms with Gasteiger partial charge in [-0.15, -0.1) is 0 Å². The molecule has 1 aromatic heterocycles. The van der Waals surface area contributed by atoms with Gasteiger partial charge in [-0.3, -0.25) is 0 Å². The van der Waals surface area contributed by atoms with E-state index in [2.05, 4.69) is 32.0 Å². The van der Waals surface area contributed by atoms with E-state index < -0.39 is 0 Å². The molecular formula is C25H21ClFN5O. The van der Waals surface area contributed by atoms with Crippen molar-refractivity contribution >= 4 is 39.7 Å². The Kier molecular flexibility index (Phi) is 5.95. The van der Waals surface area contributed by atoms with E-state index in [1.54, 1.807) is 24.3 Å². The fourth-order valence-corrected chi connectivity index (χ4v) is 3.84. The molecular weight excluding hydrogens is 441 g/mol. The number of hydrogen-bond acceptors (Lipinski definition) is 6. The maximum atomic E-state index is 13.4. The summed E-state index contributed by atoms with van der Waals surface area (Å²) in [7, 11) is 0. The van der Waals surface area contributed by atoms with Crippen molar-refractivity contribution in [2.45, 2.75) is 13.0 Å². The minimum Gasteiger partial charge on any atom is -0.487 e. The Hall–Kier alpha value is -3.84. The number of ether oxygens (including phenoxy) is 1. The molecule has 0 unspecified atom stereocenters. The van der Waals surface area contributed by atoms with Crippen molar-refractivity contribution in [3.8, 4) is 5.75 Å². The second-order valence-corrected chi connectivity index (χ2v) is 8.01. The number of fused-ring (bicyclic) bond motifs is 1. The van der Waals surface area contributed by atoms with Crippen LogP contribution in [-0.4, -0.2) is 16.5 Å². The van der Waals surface area contributed by atoms with Gasteiger partial charge in [0, 0.05) is 23.3 Å². The second-order valence-electron chi connectivity index (χ2n) is 7.60. The van der Waals surface area contributed by atoms with Gasteiger partial charge in [0.25, 0.3) is 0 Å². The van der Waals surface area contributed by atoms with Gasteiger partial charge in [0.15, 0.2) is 0 Å². The van der Waals surface area contributed by atoms with Crippen LogP contribution in [-0.2, 0) is 6.61 Å². The largest absolute Gasteiger partial charge is 0.487 e. The average molecular weight is 462 g/mol. The van der Waals surface area contributed by atoms with Crippen molar-refractivity contribution in [1.29, 1.82) is 0 Å². The zero-order chi connectivity index (χ0) is 22.6. The lowest BCUT2D eigenvalue weighted by Crippen LogP contribution is -2.14. The van der Waals surface area contributed by atoms with Gasteiger partial charge in [-0.2, -0.15) is 0 Å². The van der Waals surface area contributed by atoms with E-state index in [0.29, 0.717) is 16.6 Å². The summed E-state index contributed by atoms with van der Waals surface area (Å²) in [5, 5.41) is 11.3. The predicted octanol–water partition coefficient (Wildman–Crippen LogP) is 5.99. The van der Waals surface area contributed by atoms with Crippen molar-refractivity contribution in [3.05, 3.63) is 95.3 Å². The number of rotatable bonds is 7. The molecule has 1 aliphatic rings. The maximum Gasteiger partial charge on any atom is 0.141 e. The Morgan fingerprint density at radius 2 is 1.88 bits per heavy atom. The number of halogens is 2. The summed E-state index contributed by atoms with van der Waals surface area (Å²) < 4.78 is 19.1. The highest BCUT2D eigenvalue weighted by Crippen LogP contribution is 2.31. The van der Waals surface area contributed by atoms with E-state index >= 15 is 0 Å². The third-order valence-electron chi connectivity index (χ3n) is 5.20. The van der Waals surface area contributed by atoms with E-state index in [-0.39, 0.29) is 12.4 Å². The van der Waals surface area contributed by atoms with Crippen LogP contribution in [0.2, 0.25) is 5.02 Å². The Balaban J connectivity index is 1.33. The lowest BCUT2D eigenvalue weighted by atomic mass is 10.2. The molecule has 2 heterocycles. The molecule has 0 aliphatic carbocycles. The van der Waals surface area contributed by atoms with Crippen LogP contribution in [0.25, 0.3) is 10.9 Å². The summed E-state index contributed by atoms with van der Waals surface area (Å²) in [5.74, 6) is 1.89. The second kappa shape index (κ2) is 9.34. The van der Waals surface area contributed by atoms with Gasteiger partial charge in [0.05, 0.1) is 16.4 Å². The SMILES string of the molecule is Fc1cccc(COc2ccc(Nc3ncnc4ccc(NC5=CCCN5)cc34)cc2Cl)c1. The van der Waals surface area contributed by atoms with Crippen LogP contribution in [0.1, 0.15) is 12.0 Å². The van der Waals surface area contributed by atoms with Crippen molar-refractivity contribution in [3.63, 3.8) is 0 Å². The summed E-state index contributed by atoms with van der Waals surface area (Å²) >= 11 is 6.44. The van der Waals surface area contributed by atoms with Crippen molar-refractivity contribution in [2.75, 3.05) is 17.2 Å². The van der Waals surface area contributed by atoms with Gasteiger partial charge >= 0.3 is 0 Å². The van der Waals surface area contributed by atoms with Crippen LogP contribution >= 0.6 is 11.6 Å². The van der Waals surface area contributed by atoms with E-state index in [4.69, 9.17) is 16.3 Å². The zero-order valence-electron chi connectivity index (χ0n) is 17.6. The molecule has 0 amide bonds. The van der Waals surface area contributed by atoms with Crippen LogP contribution in [0.3, 0.4) is 0 Å². The Bertz CT molecular complexity index is 1340. The summed E-state index contributed by atoms with van der Waals surface area (Å²) in [4.78, 5) is 8.79. The number of nitrogens with one attached hydrogen (secondary N) is 3. The topological polar surface area (TPSA) is 71.1 Å². The van der Waals surface area contributed by atoms with Gasteiger partial charge in [0.1, 0.15) is 30.3 Å². The molecule has 0 radical (unpaired) electrons. The van der Waals surface area contributed by atoms with Crippen molar-refractivity contribution < 1.29 is 9.13 Å². The third-order valence-corrected chi connectivity index (χ3v) is 5.50. The molecule has 3 aromatic carbocycles. The molecule has 0 atom stereocenters. The molecule has 6 nitrogen and oxygen atoms in total. The van der Waals surface area contributed by atoms with Gasteiger partial charge in [-0.05, 0) is 66.6 Å². The third kappa shape index (κ3) is 4.99. The van der Waals surface area contributed by atoms with Gasteiger partial charge in [-0.1, -0.05) is 23.7 Å². The summed E-state index contributed by atoms with van der Waals surface area (Å²) in [6.45, 7) is 1.16. The van der Waals surface area contributed by atoms with Gasteiger partial charge in [-0.25, -0.2) is 14.4 Å².